The Kier molecular flexibility index (Phi) is 7.68. The highest BCUT2D eigenvalue weighted by molar-refractivity contribution is 7.91. The molecule has 0 N–H and O–H groups in total. The van der Waals surface area contributed by atoms with Gasteiger partial charge in [0.25, 0.3) is 0 Å². The molecule has 6 nitrogen and oxygen atoms in total. The van der Waals surface area contributed by atoms with Gasteiger partial charge in [-0.2, -0.15) is 0 Å². The molecule has 0 aromatic heterocycles. The van der Waals surface area contributed by atoms with Gasteiger partial charge in [0.15, 0.2) is 9.84 Å². The number of sulfone groups is 1. The molecular formula is C24H38N2O4S. The predicted molar refractivity (Wildman–Crippen MR) is 125 cm³/mol. The molecule has 7 heteroatoms. The predicted octanol–water partition coefficient (Wildman–Crippen LogP) is 3.21. The lowest BCUT2D eigenvalue weighted by Crippen LogP contribution is -2.45. The highest BCUT2D eigenvalue weighted by Gasteiger charge is 2.28. The standard InChI is InChI=1S/C24H38N2O4S/c1-17(2)31(28,29)16-21-8-10-25(11-9-21)24(27)13-22-6-7-23(12-18(22)3)26-14-19(4)30-20(5)15-26/h6-7,12,17,19-21H,8-11,13-16H2,1-5H3/t19-,20+. The van der Waals surface area contributed by atoms with Crippen LogP contribution in [0.15, 0.2) is 18.2 Å². The van der Waals surface area contributed by atoms with Gasteiger partial charge in [0, 0.05) is 31.9 Å². The summed E-state index contributed by atoms with van der Waals surface area (Å²) in [6, 6.07) is 6.37. The second-order valence-corrected chi connectivity index (χ2v) is 12.3. The number of carbonyl (C=O) groups excluding carboxylic acids is 1. The van der Waals surface area contributed by atoms with Crippen molar-refractivity contribution < 1.29 is 17.9 Å². The molecule has 0 unspecified atom stereocenters. The third-order valence-electron chi connectivity index (χ3n) is 6.61. The van der Waals surface area contributed by atoms with Crippen molar-refractivity contribution in [2.75, 3.05) is 36.8 Å². The number of nitrogens with zero attached hydrogens (tertiary/aromatic N) is 2. The number of rotatable bonds is 6. The van der Waals surface area contributed by atoms with E-state index in [0.29, 0.717) is 19.5 Å². The Balaban J connectivity index is 1.55. The lowest BCUT2D eigenvalue weighted by Gasteiger charge is -2.37. The summed E-state index contributed by atoms with van der Waals surface area (Å²) in [5, 5.41) is -0.331. The van der Waals surface area contributed by atoms with Gasteiger partial charge in [0.1, 0.15) is 0 Å². The molecule has 2 saturated heterocycles. The zero-order chi connectivity index (χ0) is 22.8. The van der Waals surface area contributed by atoms with E-state index in [2.05, 4.69) is 43.9 Å². The lowest BCUT2D eigenvalue weighted by atomic mass is 9.97. The van der Waals surface area contributed by atoms with Crippen molar-refractivity contribution in [3.05, 3.63) is 29.3 Å². The van der Waals surface area contributed by atoms with Gasteiger partial charge in [-0.05, 0) is 76.6 Å². The van der Waals surface area contributed by atoms with Gasteiger partial charge in [0.05, 0.1) is 29.6 Å². The quantitative estimate of drug-likeness (QED) is 0.666. The number of hydrogen-bond donors (Lipinski definition) is 0. The Morgan fingerprint density at radius 3 is 2.29 bits per heavy atom. The Bertz CT molecular complexity index is 866. The van der Waals surface area contributed by atoms with Gasteiger partial charge < -0.3 is 14.5 Å². The van der Waals surface area contributed by atoms with E-state index in [1.165, 1.54) is 5.69 Å². The molecule has 0 aliphatic carbocycles. The summed E-state index contributed by atoms with van der Waals surface area (Å²) >= 11 is 0. The third kappa shape index (κ3) is 6.22. The summed E-state index contributed by atoms with van der Waals surface area (Å²) in [6.45, 7) is 12.8. The van der Waals surface area contributed by atoms with Crippen molar-refractivity contribution in [1.82, 2.24) is 4.90 Å². The molecule has 0 saturated carbocycles. The molecule has 1 amide bonds. The number of aryl methyl sites for hydroxylation is 1. The fourth-order valence-electron chi connectivity index (χ4n) is 4.61. The number of morpholine rings is 1. The van der Waals surface area contributed by atoms with Crippen molar-refractivity contribution in [2.45, 2.75) is 71.3 Å². The van der Waals surface area contributed by atoms with E-state index in [1.54, 1.807) is 13.8 Å². The molecule has 2 fully saturated rings. The summed E-state index contributed by atoms with van der Waals surface area (Å²) < 4.78 is 30.2. The van der Waals surface area contributed by atoms with Crippen molar-refractivity contribution in [3.8, 4) is 0 Å². The first-order valence-corrected chi connectivity index (χ1v) is 13.3. The summed E-state index contributed by atoms with van der Waals surface area (Å²) in [4.78, 5) is 17.1. The number of amides is 1. The SMILES string of the molecule is Cc1cc(N2C[C@@H](C)O[C@@H](C)C2)ccc1CC(=O)N1CCC(CS(=O)(=O)C(C)C)CC1. The number of benzene rings is 1. The number of likely N-dealkylation sites (tertiary alicyclic amines) is 1. The first kappa shape index (κ1) is 24.1. The number of piperidine rings is 1. The zero-order valence-corrected chi connectivity index (χ0v) is 20.5. The molecule has 2 heterocycles. The lowest BCUT2D eigenvalue weighted by molar-refractivity contribution is -0.131. The van der Waals surface area contributed by atoms with E-state index in [4.69, 9.17) is 4.74 Å². The van der Waals surface area contributed by atoms with E-state index in [1.807, 2.05) is 4.90 Å². The first-order chi connectivity index (χ1) is 14.5. The van der Waals surface area contributed by atoms with Crippen LogP contribution in [0.5, 0.6) is 0 Å². The van der Waals surface area contributed by atoms with Crippen LogP contribution in [0.25, 0.3) is 0 Å². The molecule has 31 heavy (non-hydrogen) atoms. The third-order valence-corrected chi connectivity index (χ3v) is 8.98. The normalized spacial score (nSPS) is 23.4. The van der Waals surface area contributed by atoms with Gasteiger partial charge in [-0.15, -0.1) is 0 Å². The molecule has 2 atom stereocenters. The Morgan fingerprint density at radius 1 is 1.13 bits per heavy atom. The van der Waals surface area contributed by atoms with E-state index >= 15 is 0 Å². The number of hydrogen-bond acceptors (Lipinski definition) is 5. The molecule has 3 rings (SSSR count). The van der Waals surface area contributed by atoms with Crippen LogP contribution in [0.2, 0.25) is 0 Å². The van der Waals surface area contributed by atoms with Crippen LogP contribution in [-0.2, 0) is 25.8 Å². The maximum absolute atomic E-state index is 12.9. The maximum Gasteiger partial charge on any atom is 0.226 e. The summed E-state index contributed by atoms with van der Waals surface area (Å²) in [5.74, 6) is 0.539. The van der Waals surface area contributed by atoms with E-state index in [9.17, 15) is 13.2 Å². The van der Waals surface area contributed by atoms with Crippen LogP contribution < -0.4 is 4.90 Å². The molecule has 2 aliphatic heterocycles. The van der Waals surface area contributed by atoms with Gasteiger partial charge >= 0.3 is 0 Å². The minimum atomic E-state index is -3.03. The molecule has 2 aliphatic rings. The second-order valence-electron chi connectivity index (χ2n) is 9.65. The highest BCUT2D eigenvalue weighted by atomic mass is 32.2. The Labute approximate surface area is 187 Å². The molecule has 0 radical (unpaired) electrons. The number of carbonyl (C=O) groups is 1. The number of ether oxygens (including phenoxy) is 1. The largest absolute Gasteiger partial charge is 0.372 e. The monoisotopic (exact) mass is 450 g/mol. The van der Waals surface area contributed by atoms with Crippen LogP contribution in [-0.4, -0.2) is 68.6 Å². The summed E-state index contributed by atoms with van der Waals surface area (Å²) in [7, 11) is -3.03. The minimum absolute atomic E-state index is 0.134. The van der Waals surface area contributed by atoms with E-state index < -0.39 is 9.84 Å². The van der Waals surface area contributed by atoms with Crippen molar-refractivity contribution in [2.24, 2.45) is 5.92 Å². The van der Waals surface area contributed by atoms with E-state index in [-0.39, 0.29) is 35.0 Å². The number of anilines is 1. The fourth-order valence-corrected chi connectivity index (χ4v) is 5.98. The fraction of sp³-hybridized carbons (Fsp3) is 0.708. The molecule has 0 bridgehead atoms. The molecular weight excluding hydrogens is 412 g/mol. The van der Waals surface area contributed by atoms with Gasteiger partial charge in [-0.25, -0.2) is 8.42 Å². The summed E-state index contributed by atoms with van der Waals surface area (Å²) in [5.41, 5.74) is 3.38. The smallest absolute Gasteiger partial charge is 0.226 e. The van der Waals surface area contributed by atoms with Crippen LogP contribution in [0.4, 0.5) is 5.69 Å². The van der Waals surface area contributed by atoms with Crippen LogP contribution >= 0.6 is 0 Å². The van der Waals surface area contributed by atoms with Gasteiger partial charge in [0.2, 0.25) is 5.91 Å². The molecule has 0 spiro atoms. The van der Waals surface area contributed by atoms with Crippen LogP contribution in [0.1, 0.15) is 51.7 Å². The average molecular weight is 451 g/mol. The maximum atomic E-state index is 12.9. The summed E-state index contributed by atoms with van der Waals surface area (Å²) in [6.07, 6.45) is 2.36. The van der Waals surface area contributed by atoms with Gasteiger partial charge in [-0.3, -0.25) is 4.79 Å². The van der Waals surface area contributed by atoms with Gasteiger partial charge in [-0.1, -0.05) is 6.07 Å². The molecule has 1 aromatic carbocycles. The van der Waals surface area contributed by atoms with E-state index in [0.717, 1.165) is 37.1 Å². The van der Waals surface area contributed by atoms with Crippen LogP contribution in [0.3, 0.4) is 0 Å². The van der Waals surface area contributed by atoms with Crippen molar-refractivity contribution in [1.29, 1.82) is 0 Å². The van der Waals surface area contributed by atoms with Crippen molar-refractivity contribution in [3.63, 3.8) is 0 Å². The zero-order valence-electron chi connectivity index (χ0n) is 19.6. The van der Waals surface area contributed by atoms with Crippen LogP contribution in [0, 0.1) is 12.8 Å². The Hall–Kier alpha value is -1.60. The van der Waals surface area contributed by atoms with Crippen molar-refractivity contribution >= 4 is 21.4 Å². The minimum Gasteiger partial charge on any atom is -0.372 e. The first-order valence-electron chi connectivity index (χ1n) is 11.5. The molecule has 1 aromatic rings. The average Bonchev–Trinajstić information content (AvgIpc) is 2.69. The molecule has 174 valence electrons. The highest BCUT2D eigenvalue weighted by Crippen LogP contribution is 2.25. The Morgan fingerprint density at radius 2 is 1.74 bits per heavy atom. The topological polar surface area (TPSA) is 66.9 Å². The second kappa shape index (κ2) is 9.90.